The smallest absolute Gasteiger partial charge is 0.266 e. The van der Waals surface area contributed by atoms with E-state index in [4.69, 9.17) is 9.47 Å². The Labute approximate surface area is 194 Å². The summed E-state index contributed by atoms with van der Waals surface area (Å²) in [6, 6.07) is 14.5. The maximum absolute atomic E-state index is 12.3. The molecule has 0 saturated heterocycles. The fraction of sp³-hybridized carbons (Fsp3) is 0.208. The van der Waals surface area contributed by atoms with Crippen molar-refractivity contribution in [2.45, 2.75) is 20.8 Å². The van der Waals surface area contributed by atoms with Crippen molar-refractivity contribution in [2.24, 2.45) is 0 Å². The van der Waals surface area contributed by atoms with Crippen molar-refractivity contribution in [3.8, 4) is 28.7 Å². The third-order valence-electron chi connectivity index (χ3n) is 4.60. The number of pyridine rings is 1. The summed E-state index contributed by atoms with van der Waals surface area (Å²) >= 11 is 3.49. The third-order valence-corrected chi connectivity index (χ3v) is 5.25. The molecule has 1 amide bonds. The molecule has 164 valence electrons. The lowest BCUT2D eigenvalue weighted by molar-refractivity contribution is -0.118. The Morgan fingerprint density at radius 3 is 2.44 bits per heavy atom. The van der Waals surface area contributed by atoms with E-state index in [2.05, 4.69) is 26.2 Å². The van der Waals surface area contributed by atoms with Gasteiger partial charge in [-0.2, -0.15) is 5.26 Å². The van der Waals surface area contributed by atoms with Crippen LogP contribution in [-0.4, -0.2) is 24.1 Å². The van der Waals surface area contributed by atoms with Gasteiger partial charge in [0, 0.05) is 27.0 Å². The average Bonchev–Trinajstić information content (AvgIpc) is 2.75. The monoisotopic (exact) mass is 495 g/mol. The topological polar surface area (TPSA) is 104 Å². The normalized spacial score (nSPS) is 10.3. The van der Waals surface area contributed by atoms with Crippen LogP contribution in [0.5, 0.6) is 11.5 Å². The first-order chi connectivity index (χ1) is 15.3. The molecule has 0 fully saturated rings. The molecule has 3 rings (SSSR count). The summed E-state index contributed by atoms with van der Waals surface area (Å²) in [5, 5.41) is 12.2. The highest BCUT2D eigenvalue weighted by Gasteiger charge is 2.18. The van der Waals surface area contributed by atoms with Gasteiger partial charge >= 0.3 is 0 Å². The zero-order valence-corrected chi connectivity index (χ0v) is 19.5. The van der Waals surface area contributed by atoms with Gasteiger partial charge in [0.1, 0.15) is 11.6 Å². The molecule has 0 atom stereocenters. The second kappa shape index (κ2) is 10.2. The summed E-state index contributed by atoms with van der Waals surface area (Å²) in [4.78, 5) is 27.1. The maximum Gasteiger partial charge on any atom is 0.266 e. The van der Waals surface area contributed by atoms with E-state index in [0.717, 1.165) is 5.56 Å². The van der Waals surface area contributed by atoms with Crippen molar-refractivity contribution in [1.82, 2.24) is 4.98 Å². The van der Waals surface area contributed by atoms with Crippen molar-refractivity contribution in [1.29, 1.82) is 5.26 Å². The number of nitriles is 1. The van der Waals surface area contributed by atoms with E-state index in [-0.39, 0.29) is 18.1 Å². The Balaban J connectivity index is 1.88. The number of hydrogen-bond donors (Lipinski definition) is 2. The van der Waals surface area contributed by atoms with Gasteiger partial charge in [0.15, 0.2) is 18.1 Å². The van der Waals surface area contributed by atoms with Gasteiger partial charge in [0.2, 0.25) is 0 Å². The number of aryl methyl sites for hydroxylation is 2. The van der Waals surface area contributed by atoms with Crippen LogP contribution in [0.4, 0.5) is 5.69 Å². The van der Waals surface area contributed by atoms with Gasteiger partial charge in [-0.05, 0) is 51.1 Å². The molecule has 2 aromatic carbocycles. The summed E-state index contributed by atoms with van der Waals surface area (Å²) in [5.41, 5.74) is 3.04. The van der Waals surface area contributed by atoms with Gasteiger partial charge in [-0.15, -0.1) is 0 Å². The van der Waals surface area contributed by atoms with Crippen molar-refractivity contribution in [2.75, 3.05) is 18.5 Å². The number of H-pyrrole nitrogens is 1. The van der Waals surface area contributed by atoms with Crippen LogP contribution in [0.15, 0.2) is 51.7 Å². The molecular weight excluding hydrogens is 474 g/mol. The van der Waals surface area contributed by atoms with Crippen LogP contribution in [0.25, 0.3) is 11.1 Å². The zero-order valence-electron chi connectivity index (χ0n) is 17.9. The summed E-state index contributed by atoms with van der Waals surface area (Å²) in [6.07, 6.45) is 0. The standard InChI is InChI=1S/C24H22BrN3O4/c1-4-31-21-10-18(17-9-15(3)27-24(30)19(17)12-26)20(25)11-22(21)32-13-23(29)28-16-7-5-14(2)6-8-16/h5-11H,4,13H2,1-3H3,(H,27,30)(H,28,29). The Morgan fingerprint density at radius 1 is 1.09 bits per heavy atom. The van der Waals surface area contributed by atoms with Crippen molar-refractivity contribution < 1.29 is 14.3 Å². The van der Waals surface area contributed by atoms with Gasteiger partial charge in [0.05, 0.1) is 6.61 Å². The molecule has 2 N–H and O–H groups in total. The predicted octanol–water partition coefficient (Wildman–Crippen LogP) is 4.71. The molecule has 0 aliphatic heterocycles. The molecule has 0 spiro atoms. The largest absolute Gasteiger partial charge is 0.490 e. The van der Waals surface area contributed by atoms with Crippen LogP contribution in [-0.2, 0) is 4.79 Å². The van der Waals surface area contributed by atoms with E-state index < -0.39 is 5.56 Å². The first-order valence-electron chi connectivity index (χ1n) is 9.92. The average molecular weight is 496 g/mol. The van der Waals surface area contributed by atoms with Crippen molar-refractivity contribution >= 4 is 27.5 Å². The number of rotatable bonds is 7. The highest BCUT2D eigenvalue weighted by Crippen LogP contribution is 2.39. The lowest BCUT2D eigenvalue weighted by Crippen LogP contribution is -2.20. The minimum absolute atomic E-state index is 0.00453. The molecular formula is C24H22BrN3O4. The number of aromatic amines is 1. The van der Waals surface area contributed by atoms with Crippen LogP contribution in [0.1, 0.15) is 23.7 Å². The number of aromatic nitrogens is 1. The molecule has 0 aliphatic rings. The van der Waals surface area contributed by atoms with E-state index >= 15 is 0 Å². The fourth-order valence-corrected chi connectivity index (χ4v) is 3.65. The third kappa shape index (κ3) is 5.37. The van der Waals surface area contributed by atoms with E-state index in [1.54, 1.807) is 25.1 Å². The van der Waals surface area contributed by atoms with Gasteiger partial charge in [0.25, 0.3) is 11.5 Å². The molecule has 7 nitrogen and oxygen atoms in total. The van der Waals surface area contributed by atoms with Crippen LogP contribution in [0.2, 0.25) is 0 Å². The molecule has 0 unspecified atom stereocenters. The number of benzene rings is 2. The number of nitrogens with zero attached hydrogens (tertiary/aromatic N) is 1. The molecule has 8 heteroatoms. The van der Waals surface area contributed by atoms with Gasteiger partial charge in [-0.25, -0.2) is 0 Å². The molecule has 32 heavy (non-hydrogen) atoms. The first kappa shape index (κ1) is 23.1. The molecule has 1 heterocycles. The lowest BCUT2D eigenvalue weighted by atomic mass is 10.0. The molecule has 0 bridgehead atoms. The number of carbonyl (C=O) groups excluding carboxylic acids is 1. The van der Waals surface area contributed by atoms with E-state index in [9.17, 15) is 14.9 Å². The van der Waals surface area contributed by atoms with E-state index in [1.165, 1.54) is 0 Å². The Morgan fingerprint density at radius 2 is 1.78 bits per heavy atom. The molecule has 0 aliphatic carbocycles. The minimum atomic E-state index is -0.458. The SMILES string of the molecule is CCOc1cc(-c2cc(C)[nH]c(=O)c2C#N)c(Br)cc1OCC(=O)Nc1ccc(C)cc1. The maximum atomic E-state index is 12.3. The number of anilines is 1. The fourth-order valence-electron chi connectivity index (χ4n) is 3.11. The molecule has 3 aromatic rings. The quantitative estimate of drug-likeness (QED) is 0.493. The first-order valence-corrected chi connectivity index (χ1v) is 10.7. The summed E-state index contributed by atoms with van der Waals surface area (Å²) in [5.74, 6) is 0.450. The zero-order chi connectivity index (χ0) is 23.3. The number of ether oxygens (including phenoxy) is 2. The van der Waals surface area contributed by atoms with E-state index in [1.807, 2.05) is 44.2 Å². The second-order valence-electron chi connectivity index (χ2n) is 7.10. The summed E-state index contributed by atoms with van der Waals surface area (Å²) in [7, 11) is 0. The van der Waals surface area contributed by atoms with Crippen LogP contribution in [0.3, 0.4) is 0 Å². The number of nitrogens with one attached hydrogen (secondary N) is 2. The minimum Gasteiger partial charge on any atom is -0.490 e. The molecule has 1 aromatic heterocycles. The van der Waals surface area contributed by atoms with Crippen molar-refractivity contribution in [3.05, 3.63) is 74.1 Å². The van der Waals surface area contributed by atoms with Gasteiger partial charge < -0.3 is 19.8 Å². The second-order valence-corrected chi connectivity index (χ2v) is 7.95. The lowest BCUT2D eigenvalue weighted by Gasteiger charge is -2.16. The predicted molar refractivity (Wildman–Crippen MR) is 126 cm³/mol. The summed E-state index contributed by atoms with van der Waals surface area (Å²) in [6.45, 7) is 5.69. The number of amides is 1. The molecule has 0 saturated carbocycles. The van der Waals surface area contributed by atoms with Crippen molar-refractivity contribution in [3.63, 3.8) is 0 Å². The van der Waals surface area contributed by atoms with E-state index in [0.29, 0.717) is 45.1 Å². The highest BCUT2D eigenvalue weighted by atomic mass is 79.9. The van der Waals surface area contributed by atoms with Gasteiger partial charge in [-0.3, -0.25) is 9.59 Å². The number of halogens is 1. The number of carbonyl (C=O) groups is 1. The van der Waals surface area contributed by atoms with Crippen LogP contribution < -0.4 is 20.3 Å². The number of hydrogen-bond acceptors (Lipinski definition) is 5. The summed E-state index contributed by atoms with van der Waals surface area (Å²) < 4.78 is 12.0. The highest BCUT2D eigenvalue weighted by molar-refractivity contribution is 9.10. The Hall–Kier alpha value is -3.57. The van der Waals surface area contributed by atoms with Crippen LogP contribution >= 0.6 is 15.9 Å². The van der Waals surface area contributed by atoms with Crippen LogP contribution in [0, 0.1) is 25.2 Å². The molecule has 0 radical (unpaired) electrons. The Kier molecular flexibility index (Phi) is 7.33. The van der Waals surface area contributed by atoms with Gasteiger partial charge in [-0.1, -0.05) is 33.6 Å². The Bertz CT molecular complexity index is 1240.